The van der Waals surface area contributed by atoms with E-state index >= 15 is 0 Å². The quantitative estimate of drug-likeness (QED) is 0.464. The summed E-state index contributed by atoms with van der Waals surface area (Å²) in [6, 6.07) is 16.2. The lowest BCUT2D eigenvalue weighted by Crippen LogP contribution is -2.23. The summed E-state index contributed by atoms with van der Waals surface area (Å²) in [5, 5.41) is 7.86. The molecule has 1 amide bonds. The second-order valence-electron chi connectivity index (χ2n) is 8.45. The minimum absolute atomic E-state index is 0.221. The topological polar surface area (TPSA) is 80.1 Å². The maximum Gasteiger partial charge on any atom is 0.277 e. The standard InChI is InChI=1S/C26H25N5O2S/c1-15-16(2)29-30(4)26(33)22(15)25-27-17(3)23(34-25)24(32)28-19-10-6-8-12-21(19)31-14-13-18-9-5-7-11-20(18)31/h5-12H,13-14H2,1-4H3,(H,28,32). The number of anilines is 3. The first-order chi connectivity index (χ1) is 16.3. The van der Waals surface area contributed by atoms with Gasteiger partial charge < -0.3 is 10.2 Å². The molecule has 0 spiro atoms. The molecule has 0 bridgehead atoms. The Morgan fingerprint density at radius 2 is 1.71 bits per heavy atom. The molecule has 0 atom stereocenters. The molecular weight excluding hydrogens is 446 g/mol. The number of nitrogens with zero attached hydrogens (tertiary/aromatic N) is 4. The van der Waals surface area contributed by atoms with E-state index in [1.165, 1.54) is 27.3 Å². The Morgan fingerprint density at radius 3 is 2.50 bits per heavy atom. The van der Waals surface area contributed by atoms with Crippen LogP contribution in [-0.4, -0.2) is 27.2 Å². The van der Waals surface area contributed by atoms with Crippen LogP contribution >= 0.6 is 11.3 Å². The van der Waals surface area contributed by atoms with Crippen LogP contribution in [0.1, 0.15) is 32.2 Å². The molecule has 5 rings (SSSR count). The molecule has 1 N–H and O–H groups in total. The number of hydrogen-bond donors (Lipinski definition) is 1. The summed E-state index contributed by atoms with van der Waals surface area (Å²) in [5.41, 5.74) is 6.58. The van der Waals surface area contributed by atoms with Crippen molar-refractivity contribution >= 4 is 34.3 Å². The molecule has 0 radical (unpaired) electrons. The molecule has 8 heteroatoms. The Bertz CT molecular complexity index is 1490. The van der Waals surface area contributed by atoms with Crippen LogP contribution in [0.3, 0.4) is 0 Å². The number of benzene rings is 2. The zero-order valence-electron chi connectivity index (χ0n) is 19.5. The predicted octanol–water partition coefficient (Wildman–Crippen LogP) is 4.78. The second kappa shape index (κ2) is 8.53. The van der Waals surface area contributed by atoms with Gasteiger partial charge in [-0.1, -0.05) is 30.3 Å². The van der Waals surface area contributed by atoms with Crippen LogP contribution in [0.15, 0.2) is 53.3 Å². The fourth-order valence-electron chi connectivity index (χ4n) is 4.40. The average molecular weight is 472 g/mol. The van der Waals surface area contributed by atoms with Crippen molar-refractivity contribution in [2.75, 3.05) is 16.8 Å². The summed E-state index contributed by atoms with van der Waals surface area (Å²) in [6.07, 6.45) is 0.968. The monoisotopic (exact) mass is 471 g/mol. The van der Waals surface area contributed by atoms with Gasteiger partial charge in [-0.25, -0.2) is 9.67 Å². The van der Waals surface area contributed by atoms with Gasteiger partial charge in [0.2, 0.25) is 0 Å². The lowest BCUT2D eigenvalue weighted by Gasteiger charge is -2.23. The highest BCUT2D eigenvalue weighted by atomic mass is 32.1. The van der Waals surface area contributed by atoms with E-state index in [9.17, 15) is 9.59 Å². The summed E-state index contributed by atoms with van der Waals surface area (Å²) in [4.78, 5) is 33.4. The first-order valence-electron chi connectivity index (χ1n) is 11.1. The summed E-state index contributed by atoms with van der Waals surface area (Å²) < 4.78 is 1.32. The lowest BCUT2D eigenvalue weighted by atomic mass is 10.1. The maximum atomic E-state index is 13.3. The van der Waals surface area contributed by atoms with Crippen molar-refractivity contribution in [3.63, 3.8) is 0 Å². The van der Waals surface area contributed by atoms with Gasteiger partial charge in [-0.2, -0.15) is 5.10 Å². The average Bonchev–Trinajstić information content (AvgIpc) is 3.42. The number of aryl methyl sites for hydroxylation is 3. The van der Waals surface area contributed by atoms with Crippen LogP contribution in [0.2, 0.25) is 0 Å². The van der Waals surface area contributed by atoms with Crippen molar-refractivity contribution in [3.05, 3.63) is 86.3 Å². The molecule has 4 aromatic rings. The van der Waals surface area contributed by atoms with Crippen molar-refractivity contribution in [1.82, 2.24) is 14.8 Å². The van der Waals surface area contributed by atoms with Crippen molar-refractivity contribution in [2.24, 2.45) is 7.05 Å². The number of carbonyl (C=O) groups excluding carboxylic acids is 1. The molecule has 0 fully saturated rings. The number of aromatic nitrogens is 3. The fraction of sp³-hybridized carbons (Fsp3) is 0.231. The summed E-state index contributed by atoms with van der Waals surface area (Å²) in [5.74, 6) is -0.235. The van der Waals surface area contributed by atoms with Crippen LogP contribution in [-0.2, 0) is 13.5 Å². The van der Waals surface area contributed by atoms with Crippen LogP contribution in [0.25, 0.3) is 10.6 Å². The van der Waals surface area contributed by atoms with Crippen LogP contribution < -0.4 is 15.8 Å². The molecule has 3 heterocycles. The number of hydrogen-bond acceptors (Lipinski definition) is 6. The van der Waals surface area contributed by atoms with Crippen molar-refractivity contribution in [1.29, 1.82) is 0 Å². The molecular formula is C26H25N5O2S. The smallest absolute Gasteiger partial charge is 0.277 e. The van der Waals surface area contributed by atoms with Gasteiger partial charge in [0, 0.05) is 19.3 Å². The molecule has 2 aromatic heterocycles. The van der Waals surface area contributed by atoms with Gasteiger partial charge in [0.05, 0.1) is 28.3 Å². The van der Waals surface area contributed by atoms with Crippen LogP contribution in [0.5, 0.6) is 0 Å². The molecule has 7 nitrogen and oxygen atoms in total. The third-order valence-corrected chi connectivity index (χ3v) is 7.45. The van der Waals surface area contributed by atoms with Gasteiger partial charge in [-0.15, -0.1) is 11.3 Å². The van der Waals surface area contributed by atoms with Gasteiger partial charge in [-0.05, 0) is 56.5 Å². The third-order valence-electron chi connectivity index (χ3n) is 6.27. The number of carbonyl (C=O) groups is 1. The molecule has 0 aliphatic carbocycles. The molecule has 0 saturated carbocycles. The van der Waals surface area contributed by atoms with E-state index in [0.29, 0.717) is 21.1 Å². The SMILES string of the molecule is Cc1nc(-c2c(C)c(C)nn(C)c2=O)sc1C(=O)Nc1ccccc1N1CCc2ccccc21. The molecule has 2 aromatic carbocycles. The zero-order chi connectivity index (χ0) is 24.0. The van der Waals surface area contributed by atoms with E-state index in [1.54, 1.807) is 14.0 Å². The second-order valence-corrected chi connectivity index (χ2v) is 9.45. The first-order valence-corrected chi connectivity index (χ1v) is 11.9. The highest BCUT2D eigenvalue weighted by Crippen LogP contribution is 2.38. The highest BCUT2D eigenvalue weighted by molar-refractivity contribution is 7.17. The van der Waals surface area contributed by atoms with E-state index in [2.05, 4.69) is 38.5 Å². The molecule has 1 aliphatic heterocycles. The number of thiazole rings is 1. The van der Waals surface area contributed by atoms with E-state index in [0.717, 1.165) is 35.6 Å². The number of rotatable bonds is 4. The summed E-state index contributed by atoms with van der Waals surface area (Å²) >= 11 is 1.23. The first kappa shape index (κ1) is 22.0. The number of fused-ring (bicyclic) bond motifs is 1. The van der Waals surface area contributed by atoms with Gasteiger partial charge in [-0.3, -0.25) is 9.59 Å². The fourth-order valence-corrected chi connectivity index (χ4v) is 5.45. The van der Waals surface area contributed by atoms with Crippen molar-refractivity contribution < 1.29 is 4.79 Å². The Morgan fingerprint density at radius 1 is 1.00 bits per heavy atom. The molecule has 0 unspecified atom stereocenters. The Balaban J connectivity index is 1.48. The van der Waals surface area contributed by atoms with Crippen molar-refractivity contribution in [2.45, 2.75) is 27.2 Å². The predicted molar refractivity (Wildman–Crippen MR) is 136 cm³/mol. The van der Waals surface area contributed by atoms with E-state index < -0.39 is 0 Å². The minimum Gasteiger partial charge on any atom is -0.339 e. The Labute approximate surface area is 201 Å². The summed E-state index contributed by atoms with van der Waals surface area (Å²) in [6.45, 7) is 6.38. The third kappa shape index (κ3) is 3.70. The zero-order valence-corrected chi connectivity index (χ0v) is 20.4. The largest absolute Gasteiger partial charge is 0.339 e. The normalized spacial score (nSPS) is 12.6. The van der Waals surface area contributed by atoms with Gasteiger partial charge >= 0.3 is 0 Å². The van der Waals surface area contributed by atoms with Crippen LogP contribution in [0, 0.1) is 20.8 Å². The van der Waals surface area contributed by atoms with Crippen LogP contribution in [0.4, 0.5) is 17.1 Å². The molecule has 34 heavy (non-hydrogen) atoms. The summed E-state index contributed by atoms with van der Waals surface area (Å²) in [7, 11) is 1.62. The number of nitrogens with one attached hydrogen (secondary N) is 1. The molecule has 0 saturated heterocycles. The van der Waals surface area contributed by atoms with Gasteiger partial charge in [0.1, 0.15) is 9.88 Å². The Hall–Kier alpha value is -3.78. The van der Waals surface area contributed by atoms with E-state index in [4.69, 9.17) is 0 Å². The van der Waals surface area contributed by atoms with Gasteiger partial charge in [0.25, 0.3) is 11.5 Å². The van der Waals surface area contributed by atoms with Gasteiger partial charge in [0.15, 0.2) is 0 Å². The highest BCUT2D eigenvalue weighted by Gasteiger charge is 2.24. The Kier molecular flexibility index (Phi) is 5.53. The van der Waals surface area contributed by atoms with Crippen molar-refractivity contribution in [3.8, 4) is 10.6 Å². The maximum absolute atomic E-state index is 13.3. The molecule has 1 aliphatic rings. The number of para-hydroxylation sites is 3. The number of amides is 1. The van der Waals surface area contributed by atoms with E-state index in [1.807, 2.05) is 44.2 Å². The van der Waals surface area contributed by atoms with E-state index in [-0.39, 0.29) is 11.5 Å². The lowest BCUT2D eigenvalue weighted by molar-refractivity contribution is 0.103. The molecule has 172 valence electrons. The minimum atomic E-state index is -0.235.